The van der Waals surface area contributed by atoms with E-state index in [2.05, 4.69) is 15.7 Å². The molecular formula is C26H23F2N5O2. The molecule has 1 heterocycles. The first-order chi connectivity index (χ1) is 16.9. The Morgan fingerprint density at radius 1 is 0.886 bits per heavy atom. The molecule has 0 saturated heterocycles. The molecule has 178 valence electrons. The molecule has 0 aliphatic heterocycles. The van der Waals surface area contributed by atoms with Crippen molar-refractivity contribution >= 4 is 23.4 Å². The fraction of sp³-hybridized carbons (Fsp3) is 0.115. The topological polar surface area (TPSA) is 79.3 Å². The standard InChI is InChI=1S/C26H23F2N5O2/c1-2-32(26(35)29-21-10-6-9-20(28)15-21)17-25(34)30-24-16-23(18-7-4-3-5-8-18)31-33(24)22-13-11-19(27)12-14-22/h3-16H,2,17H2,1H3,(H,29,35)(H,30,34). The molecule has 4 rings (SSSR count). The largest absolute Gasteiger partial charge is 0.322 e. The maximum absolute atomic E-state index is 13.5. The van der Waals surface area contributed by atoms with Gasteiger partial charge in [0, 0.05) is 23.9 Å². The zero-order chi connectivity index (χ0) is 24.8. The summed E-state index contributed by atoms with van der Waals surface area (Å²) in [4.78, 5) is 26.8. The molecule has 35 heavy (non-hydrogen) atoms. The van der Waals surface area contributed by atoms with E-state index >= 15 is 0 Å². The van der Waals surface area contributed by atoms with Crippen LogP contribution in [0.2, 0.25) is 0 Å². The summed E-state index contributed by atoms with van der Waals surface area (Å²) in [5.41, 5.74) is 2.30. The second kappa shape index (κ2) is 10.6. The summed E-state index contributed by atoms with van der Waals surface area (Å²) in [6.45, 7) is 1.74. The van der Waals surface area contributed by atoms with E-state index in [1.54, 1.807) is 31.2 Å². The molecule has 2 N–H and O–H groups in total. The Labute approximate surface area is 201 Å². The summed E-state index contributed by atoms with van der Waals surface area (Å²) < 4.78 is 28.4. The monoisotopic (exact) mass is 475 g/mol. The fourth-order valence-corrected chi connectivity index (χ4v) is 3.45. The van der Waals surface area contributed by atoms with Gasteiger partial charge in [0.15, 0.2) is 0 Å². The highest BCUT2D eigenvalue weighted by atomic mass is 19.1. The van der Waals surface area contributed by atoms with Gasteiger partial charge >= 0.3 is 6.03 Å². The van der Waals surface area contributed by atoms with Gasteiger partial charge in [0.25, 0.3) is 0 Å². The number of aromatic nitrogens is 2. The summed E-state index contributed by atoms with van der Waals surface area (Å²) >= 11 is 0. The molecule has 0 bridgehead atoms. The van der Waals surface area contributed by atoms with E-state index in [1.807, 2.05) is 30.3 Å². The summed E-state index contributed by atoms with van der Waals surface area (Å²) in [7, 11) is 0. The Balaban J connectivity index is 1.53. The lowest BCUT2D eigenvalue weighted by molar-refractivity contribution is -0.116. The molecule has 3 amide bonds. The number of benzene rings is 3. The van der Waals surface area contributed by atoms with Crippen molar-refractivity contribution in [2.45, 2.75) is 6.92 Å². The van der Waals surface area contributed by atoms with Gasteiger partial charge in [0.2, 0.25) is 5.91 Å². The molecule has 0 aliphatic carbocycles. The van der Waals surface area contributed by atoms with Crippen LogP contribution in [-0.2, 0) is 4.79 Å². The van der Waals surface area contributed by atoms with Gasteiger partial charge in [-0.15, -0.1) is 0 Å². The first-order valence-electron chi connectivity index (χ1n) is 11.0. The van der Waals surface area contributed by atoms with E-state index in [0.29, 0.717) is 17.2 Å². The Bertz CT molecular complexity index is 1320. The number of urea groups is 1. The molecule has 4 aromatic rings. The summed E-state index contributed by atoms with van der Waals surface area (Å²) in [6, 6.07) is 21.8. The molecule has 0 saturated carbocycles. The second-order valence-corrected chi connectivity index (χ2v) is 7.67. The SMILES string of the molecule is CCN(CC(=O)Nc1cc(-c2ccccc2)nn1-c1ccc(F)cc1)C(=O)Nc1cccc(F)c1. The van der Waals surface area contributed by atoms with Gasteiger partial charge in [-0.25, -0.2) is 18.3 Å². The van der Waals surface area contributed by atoms with Crippen molar-refractivity contribution in [1.29, 1.82) is 0 Å². The van der Waals surface area contributed by atoms with E-state index < -0.39 is 23.6 Å². The zero-order valence-electron chi connectivity index (χ0n) is 18.9. The third kappa shape index (κ3) is 5.89. The molecular weight excluding hydrogens is 452 g/mol. The van der Waals surface area contributed by atoms with Crippen molar-refractivity contribution in [2.75, 3.05) is 23.7 Å². The van der Waals surface area contributed by atoms with Crippen molar-refractivity contribution in [1.82, 2.24) is 14.7 Å². The van der Waals surface area contributed by atoms with Crippen LogP contribution in [0.3, 0.4) is 0 Å². The number of amides is 3. The molecule has 0 spiro atoms. The van der Waals surface area contributed by atoms with E-state index in [9.17, 15) is 18.4 Å². The number of anilines is 2. The summed E-state index contributed by atoms with van der Waals surface area (Å²) in [5.74, 6) is -0.962. The van der Waals surface area contributed by atoms with E-state index in [-0.39, 0.29) is 18.8 Å². The second-order valence-electron chi connectivity index (χ2n) is 7.67. The molecule has 0 fully saturated rings. The fourth-order valence-electron chi connectivity index (χ4n) is 3.45. The average molecular weight is 475 g/mol. The highest BCUT2D eigenvalue weighted by Crippen LogP contribution is 2.25. The lowest BCUT2D eigenvalue weighted by Gasteiger charge is -2.21. The molecule has 3 aromatic carbocycles. The van der Waals surface area contributed by atoms with Gasteiger partial charge in [-0.1, -0.05) is 36.4 Å². The van der Waals surface area contributed by atoms with Crippen molar-refractivity contribution in [2.24, 2.45) is 0 Å². The van der Waals surface area contributed by atoms with Crippen molar-refractivity contribution in [3.05, 3.63) is 96.6 Å². The average Bonchev–Trinajstić information content (AvgIpc) is 3.27. The van der Waals surface area contributed by atoms with Gasteiger partial charge in [0.1, 0.15) is 24.0 Å². The number of hydrogen-bond acceptors (Lipinski definition) is 3. The number of carbonyl (C=O) groups is 2. The lowest BCUT2D eigenvalue weighted by Crippen LogP contribution is -2.40. The molecule has 9 heteroatoms. The number of halogens is 2. The molecule has 0 aliphatic rings. The van der Waals surface area contributed by atoms with Crippen LogP contribution in [-0.4, -0.2) is 39.7 Å². The van der Waals surface area contributed by atoms with E-state index in [4.69, 9.17) is 0 Å². The first kappa shape index (κ1) is 23.6. The normalized spacial score (nSPS) is 10.6. The number of likely N-dealkylation sites (N-methyl/N-ethyl adjacent to an activating group) is 1. The van der Waals surface area contributed by atoms with Gasteiger partial charge in [0.05, 0.1) is 11.4 Å². The van der Waals surface area contributed by atoms with Crippen LogP contribution in [0.1, 0.15) is 6.92 Å². The van der Waals surface area contributed by atoms with Crippen molar-refractivity contribution in [3.8, 4) is 16.9 Å². The van der Waals surface area contributed by atoms with Crippen LogP contribution >= 0.6 is 0 Å². The van der Waals surface area contributed by atoms with Gasteiger partial charge < -0.3 is 15.5 Å². The number of hydrogen-bond donors (Lipinski definition) is 2. The summed E-state index contributed by atoms with van der Waals surface area (Å²) in [6.07, 6.45) is 0. The number of nitrogens with one attached hydrogen (secondary N) is 2. The van der Waals surface area contributed by atoms with E-state index in [0.717, 1.165) is 5.56 Å². The first-order valence-corrected chi connectivity index (χ1v) is 11.0. The Hall–Kier alpha value is -4.53. The van der Waals surface area contributed by atoms with E-state index in [1.165, 1.54) is 39.9 Å². The minimum atomic E-state index is -0.537. The minimum absolute atomic E-state index is 0.243. The molecule has 7 nitrogen and oxygen atoms in total. The summed E-state index contributed by atoms with van der Waals surface area (Å²) in [5, 5.41) is 9.96. The highest BCUT2D eigenvalue weighted by molar-refractivity contribution is 5.97. The van der Waals surface area contributed by atoms with Crippen molar-refractivity contribution < 1.29 is 18.4 Å². The predicted octanol–water partition coefficient (Wildman–Crippen LogP) is 5.31. The van der Waals surface area contributed by atoms with Gasteiger partial charge in [-0.2, -0.15) is 5.10 Å². The third-order valence-corrected chi connectivity index (χ3v) is 5.20. The van der Waals surface area contributed by atoms with Crippen LogP contribution in [0.4, 0.5) is 25.1 Å². The minimum Gasteiger partial charge on any atom is -0.315 e. The molecule has 0 atom stereocenters. The maximum atomic E-state index is 13.5. The number of rotatable bonds is 7. The van der Waals surface area contributed by atoms with Crippen LogP contribution < -0.4 is 10.6 Å². The maximum Gasteiger partial charge on any atom is 0.322 e. The number of carbonyl (C=O) groups excluding carboxylic acids is 2. The quantitative estimate of drug-likeness (QED) is 0.380. The van der Waals surface area contributed by atoms with Crippen LogP contribution in [0.5, 0.6) is 0 Å². The van der Waals surface area contributed by atoms with Crippen LogP contribution in [0.15, 0.2) is 84.9 Å². The smallest absolute Gasteiger partial charge is 0.315 e. The van der Waals surface area contributed by atoms with Crippen LogP contribution in [0, 0.1) is 11.6 Å². The van der Waals surface area contributed by atoms with Crippen molar-refractivity contribution in [3.63, 3.8) is 0 Å². The predicted molar refractivity (Wildman–Crippen MR) is 130 cm³/mol. The van der Waals surface area contributed by atoms with Gasteiger partial charge in [-0.3, -0.25) is 4.79 Å². The highest BCUT2D eigenvalue weighted by Gasteiger charge is 2.19. The lowest BCUT2D eigenvalue weighted by atomic mass is 10.1. The van der Waals surface area contributed by atoms with Crippen LogP contribution in [0.25, 0.3) is 16.9 Å². The molecule has 0 unspecified atom stereocenters. The Kier molecular flexibility index (Phi) is 7.15. The molecule has 0 radical (unpaired) electrons. The zero-order valence-corrected chi connectivity index (χ0v) is 18.9. The molecule has 1 aromatic heterocycles. The third-order valence-electron chi connectivity index (χ3n) is 5.20. The Morgan fingerprint density at radius 2 is 1.63 bits per heavy atom. The number of nitrogens with zero attached hydrogens (tertiary/aromatic N) is 3. The Morgan fingerprint density at radius 3 is 2.31 bits per heavy atom. The van der Waals surface area contributed by atoms with Gasteiger partial charge in [-0.05, 0) is 49.4 Å².